The molecule has 1 N–H and O–H groups in total. The maximum atomic E-state index is 13.4. The van der Waals surface area contributed by atoms with Crippen LogP contribution in [0, 0.1) is 5.82 Å². The lowest BCUT2D eigenvalue weighted by atomic mass is 10.00. The van der Waals surface area contributed by atoms with Crippen molar-refractivity contribution < 1.29 is 14.2 Å². The molecule has 2 unspecified atom stereocenters. The Kier molecular flexibility index (Phi) is 5.80. The standard InChI is InChI=1S/C16H24FNO2/c1-2-13-7-5-6-10-18(13)11-14(19)12-20-16-9-4-3-8-15(16)17/h3-4,8-9,13-14,19H,2,5-7,10-12H2,1H3. The van der Waals surface area contributed by atoms with Crippen LogP contribution in [0.15, 0.2) is 24.3 Å². The van der Waals surface area contributed by atoms with Gasteiger partial charge in [0, 0.05) is 12.6 Å². The van der Waals surface area contributed by atoms with Crippen molar-refractivity contribution in [2.24, 2.45) is 0 Å². The van der Waals surface area contributed by atoms with Crippen LogP contribution in [0.1, 0.15) is 32.6 Å². The predicted octanol–water partition coefficient (Wildman–Crippen LogP) is 2.83. The predicted molar refractivity (Wildman–Crippen MR) is 77.4 cm³/mol. The zero-order chi connectivity index (χ0) is 14.4. The van der Waals surface area contributed by atoms with Crippen LogP contribution >= 0.6 is 0 Å². The Hall–Kier alpha value is -1.13. The zero-order valence-electron chi connectivity index (χ0n) is 12.1. The van der Waals surface area contributed by atoms with Gasteiger partial charge in [-0.25, -0.2) is 4.39 Å². The number of nitrogens with zero attached hydrogens (tertiary/aromatic N) is 1. The molecule has 2 rings (SSSR count). The van der Waals surface area contributed by atoms with Gasteiger partial charge in [0.2, 0.25) is 0 Å². The Morgan fingerprint density at radius 1 is 1.40 bits per heavy atom. The number of aliphatic hydroxyl groups excluding tert-OH is 1. The molecule has 0 spiro atoms. The highest BCUT2D eigenvalue weighted by molar-refractivity contribution is 5.23. The number of hydrogen-bond donors (Lipinski definition) is 1. The van der Waals surface area contributed by atoms with Gasteiger partial charge in [0.05, 0.1) is 0 Å². The van der Waals surface area contributed by atoms with Crippen molar-refractivity contribution in [3.63, 3.8) is 0 Å². The zero-order valence-corrected chi connectivity index (χ0v) is 12.1. The van der Waals surface area contributed by atoms with Gasteiger partial charge in [-0.05, 0) is 37.9 Å². The Balaban J connectivity index is 1.80. The van der Waals surface area contributed by atoms with E-state index in [0.29, 0.717) is 12.6 Å². The molecule has 112 valence electrons. The average molecular weight is 281 g/mol. The Labute approximate surface area is 120 Å². The molecule has 1 fully saturated rings. The summed E-state index contributed by atoms with van der Waals surface area (Å²) in [5, 5.41) is 10.1. The largest absolute Gasteiger partial charge is 0.488 e. The van der Waals surface area contributed by atoms with Crippen LogP contribution < -0.4 is 4.74 Å². The third-order valence-electron chi connectivity index (χ3n) is 3.93. The molecule has 4 heteroatoms. The van der Waals surface area contributed by atoms with E-state index >= 15 is 0 Å². The van der Waals surface area contributed by atoms with Crippen molar-refractivity contribution in [2.75, 3.05) is 19.7 Å². The molecule has 2 atom stereocenters. The molecular weight excluding hydrogens is 257 g/mol. The molecule has 0 aromatic heterocycles. The number of piperidine rings is 1. The minimum Gasteiger partial charge on any atom is -0.488 e. The van der Waals surface area contributed by atoms with Crippen LogP contribution in [-0.4, -0.2) is 41.8 Å². The van der Waals surface area contributed by atoms with Gasteiger partial charge in [-0.1, -0.05) is 25.5 Å². The number of hydrogen-bond acceptors (Lipinski definition) is 3. The van der Waals surface area contributed by atoms with Crippen LogP contribution in [0.25, 0.3) is 0 Å². The van der Waals surface area contributed by atoms with E-state index in [1.54, 1.807) is 18.2 Å². The monoisotopic (exact) mass is 281 g/mol. The molecule has 20 heavy (non-hydrogen) atoms. The molecule has 1 aliphatic rings. The fourth-order valence-electron chi connectivity index (χ4n) is 2.83. The highest BCUT2D eigenvalue weighted by atomic mass is 19.1. The summed E-state index contributed by atoms with van der Waals surface area (Å²) in [7, 11) is 0. The van der Waals surface area contributed by atoms with Gasteiger partial charge in [-0.3, -0.25) is 4.90 Å². The third kappa shape index (κ3) is 4.18. The van der Waals surface area contributed by atoms with Crippen molar-refractivity contribution in [2.45, 2.75) is 44.8 Å². The summed E-state index contributed by atoms with van der Waals surface area (Å²) < 4.78 is 18.8. The second-order valence-electron chi connectivity index (χ2n) is 5.45. The van der Waals surface area contributed by atoms with Gasteiger partial charge < -0.3 is 9.84 Å². The fraction of sp³-hybridized carbons (Fsp3) is 0.625. The Bertz CT molecular complexity index is 413. The SMILES string of the molecule is CCC1CCCCN1CC(O)COc1ccccc1F. The Morgan fingerprint density at radius 2 is 2.20 bits per heavy atom. The van der Waals surface area contributed by atoms with Crippen LogP contribution in [0.4, 0.5) is 4.39 Å². The van der Waals surface area contributed by atoms with Gasteiger partial charge in [-0.15, -0.1) is 0 Å². The van der Waals surface area contributed by atoms with E-state index in [1.165, 1.54) is 25.3 Å². The summed E-state index contributed by atoms with van der Waals surface area (Å²) in [6.45, 7) is 3.96. The molecule has 0 bridgehead atoms. The molecule has 1 saturated heterocycles. The number of ether oxygens (including phenoxy) is 1. The van der Waals surface area contributed by atoms with Gasteiger partial charge in [0.25, 0.3) is 0 Å². The minimum atomic E-state index is -0.582. The van der Waals surface area contributed by atoms with Crippen molar-refractivity contribution >= 4 is 0 Å². The number of rotatable bonds is 6. The summed E-state index contributed by atoms with van der Waals surface area (Å²) in [6, 6.07) is 6.85. The van der Waals surface area contributed by atoms with Gasteiger partial charge in [0.1, 0.15) is 12.7 Å². The van der Waals surface area contributed by atoms with E-state index in [2.05, 4.69) is 11.8 Å². The molecule has 0 amide bonds. The number of likely N-dealkylation sites (tertiary alicyclic amines) is 1. The normalized spacial score (nSPS) is 21.6. The van der Waals surface area contributed by atoms with Crippen LogP contribution in [0.3, 0.4) is 0 Å². The van der Waals surface area contributed by atoms with Gasteiger partial charge >= 0.3 is 0 Å². The number of para-hydroxylation sites is 1. The van der Waals surface area contributed by atoms with E-state index in [0.717, 1.165) is 13.0 Å². The maximum absolute atomic E-state index is 13.4. The second-order valence-corrected chi connectivity index (χ2v) is 5.45. The summed E-state index contributed by atoms with van der Waals surface area (Å²) in [6.07, 6.45) is 4.20. The Morgan fingerprint density at radius 3 is 2.95 bits per heavy atom. The number of benzene rings is 1. The van der Waals surface area contributed by atoms with Crippen LogP contribution in [0.5, 0.6) is 5.75 Å². The molecule has 0 saturated carbocycles. The third-order valence-corrected chi connectivity index (χ3v) is 3.93. The number of aliphatic hydroxyl groups is 1. The molecule has 1 aliphatic heterocycles. The second kappa shape index (κ2) is 7.60. The molecule has 1 heterocycles. The first-order valence-corrected chi connectivity index (χ1v) is 7.50. The van der Waals surface area contributed by atoms with Gasteiger partial charge in [-0.2, -0.15) is 0 Å². The minimum absolute atomic E-state index is 0.133. The van der Waals surface area contributed by atoms with Crippen LogP contribution in [0.2, 0.25) is 0 Å². The van der Waals surface area contributed by atoms with E-state index < -0.39 is 6.10 Å². The molecule has 0 radical (unpaired) electrons. The average Bonchev–Trinajstić information content (AvgIpc) is 2.47. The van der Waals surface area contributed by atoms with E-state index in [-0.39, 0.29) is 18.2 Å². The smallest absolute Gasteiger partial charge is 0.165 e. The van der Waals surface area contributed by atoms with Gasteiger partial charge in [0.15, 0.2) is 11.6 Å². The fourth-order valence-corrected chi connectivity index (χ4v) is 2.83. The van der Waals surface area contributed by atoms with Crippen molar-refractivity contribution in [1.82, 2.24) is 4.90 Å². The maximum Gasteiger partial charge on any atom is 0.165 e. The first-order chi connectivity index (χ1) is 9.70. The summed E-state index contributed by atoms with van der Waals surface area (Å²) in [5.41, 5.74) is 0. The first kappa shape index (κ1) is 15.3. The topological polar surface area (TPSA) is 32.7 Å². The van der Waals surface area contributed by atoms with Crippen molar-refractivity contribution in [1.29, 1.82) is 0 Å². The number of halogens is 1. The molecule has 0 aliphatic carbocycles. The lowest BCUT2D eigenvalue weighted by molar-refractivity contribution is 0.0379. The summed E-state index contributed by atoms with van der Waals surface area (Å²) in [4.78, 5) is 2.33. The highest BCUT2D eigenvalue weighted by Crippen LogP contribution is 2.20. The van der Waals surface area contributed by atoms with Crippen molar-refractivity contribution in [3.05, 3.63) is 30.1 Å². The highest BCUT2D eigenvalue weighted by Gasteiger charge is 2.23. The number of β-amino-alcohol motifs (C(OH)–C–C–N with tert-alkyl or cyclic N) is 1. The molecule has 1 aromatic rings. The summed E-state index contributed by atoms with van der Waals surface area (Å²) in [5.74, 6) is -0.179. The van der Waals surface area contributed by atoms with Crippen LogP contribution in [-0.2, 0) is 0 Å². The molecule has 3 nitrogen and oxygen atoms in total. The van der Waals surface area contributed by atoms with E-state index in [4.69, 9.17) is 4.74 Å². The lowest BCUT2D eigenvalue weighted by Gasteiger charge is -2.36. The molecule has 1 aromatic carbocycles. The van der Waals surface area contributed by atoms with Crippen molar-refractivity contribution in [3.8, 4) is 5.75 Å². The van der Waals surface area contributed by atoms with E-state index in [1.807, 2.05) is 0 Å². The lowest BCUT2D eigenvalue weighted by Crippen LogP contribution is -2.44. The molecular formula is C16H24FNO2. The first-order valence-electron chi connectivity index (χ1n) is 7.50. The summed E-state index contributed by atoms with van der Waals surface area (Å²) >= 11 is 0. The van der Waals surface area contributed by atoms with E-state index in [9.17, 15) is 9.50 Å². The quantitative estimate of drug-likeness (QED) is 0.870.